The third-order valence-electron chi connectivity index (χ3n) is 7.20. The van der Waals surface area contributed by atoms with Gasteiger partial charge in [0.05, 0.1) is 12.6 Å². The fourth-order valence-corrected chi connectivity index (χ4v) is 5.54. The molecule has 0 unspecified atom stereocenters. The van der Waals surface area contributed by atoms with Crippen LogP contribution in [0.1, 0.15) is 91.9 Å². The fraction of sp³-hybridized carbons (Fsp3) is 0.880. The van der Waals surface area contributed by atoms with Crippen LogP contribution in [0, 0.1) is 11.3 Å². The third kappa shape index (κ3) is 8.39. The zero-order valence-electron chi connectivity index (χ0n) is 21.2. The molecule has 1 aliphatic heterocycles. The Morgan fingerprint density at radius 1 is 1.15 bits per heavy atom. The van der Waals surface area contributed by atoms with Crippen LogP contribution in [-0.4, -0.2) is 59.7 Å². The molecule has 2 atom stereocenters. The first-order chi connectivity index (χ1) is 15.7. The predicted molar refractivity (Wildman–Crippen MR) is 137 cm³/mol. The van der Waals surface area contributed by atoms with Gasteiger partial charge in [0.15, 0.2) is 0 Å². The Kier molecular flexibility index (Phi) is 11.4. The quantitative estimate of drug-likeness (QED) is 0.383. The van der Waals surface area contributed by atoms with Crippen LogP contribution in [0.4, 0.5) is 4.79 Å². The standard InChI is InChI=1S/C25H46N4O3S/c1-5-7-14-25(3,4)21(28-24(31)32-16-6-2)23(33)29-15-8-9-20(29)22(30)27-17-18-10-12-19(26)13-11-18/h18-21H,5-17,26H2,1-4H3,(H,27,30)(H,28,31)/t18?,19?,20-,21+/m0/s1. The molecule has 0 radical (unpaired) electrons. The lowest BCUT2D eigenvalue weighted by Crippen LogP contribution is -2.57. The molecule has 0 bridgehead atoms. The molecule has 1 saturated carbocycles. The van der Waals surface area contributed by atoms with E-state index in [2.05, 4.69) is 31.4 Å². The van der Waals surface area contributed by atoms with Crippen molar-refractivity contribution in [3.05, 3.63) is 0 Å². The van der Waals surface area contributed by atoms with Crippen LogP contribution in [0.2, 0.25) is 0 Å². The summed E-state index contributed by atoms with van der Waals surface area (Å²) in [6, 6.07) is -0.331. The number of nitrogens with one attached hydrogen (secondary N) is 2. The van der Waals surface area contributed by atoms with Crippen molar-refractivity contribution in [2.45, 2.75) is 110 Å². The molecule has 1 saturated heterocycles. The van der Waals surface area contributed by atoms with Crippen LogP contribution >= 0.6 is 12.2 Å². The highest BCUT2D eigenvalue weighted by Gasteiger charge is 2.41. The summed E-state index contributed by atoms with van der Waals surface area (Å²) in [5.41, 5.74) is 5.76. The van der Waals surface area contributed by atoms with Gasteiger partial charge >= 0.3 is 6.09 Å². The maximum absolute atomic E-state index is 13.1. The summed E-state index contributed by atoms with van der Waals surface area (Å²) in [6.45, 7) is 10.2. The van der Waals surface area contributed by atoms with Crippen LogP contribution < -0.4 is 16.4 Å². The van der Waals surface area contributed by atoms with E-state index in [1.54, 1.807) is 0 Å². The Hall–Kier alpha value is -1.41. The number of unbranched alkanes of at least 4 members (excludes halogenated alkanes) is 1. The molecular formula is C25H46N4O3S. The zero-order chi connectivity index (χ0) is 24.4. The highest BCUT2D eigenvalue weighted by atomic mass is 32.1. The van der Waals surface area contributed by atoms with E-state index >= 15 is 0 Å². The van der Waals surface area contributed by atoms with E-state index < -0.39 is 6.09 Å². The largest absolute Gasteiger partial charge is 0.450 e. The molecule has 0 aromatic carbocycles. The fourth-order valence-electron chi connectivity index (χ4n) is 4.95. The van der Waals surface area contributed by atoms with Crippen molar-refractivity contribution >= 4 is 29.2 Å². The van der Waals surface area contributed by atoms with Gasteiger partial charge < -0.3 is 26.0 Å². The third-order valence-corrected chi connectivity index (χ3v) is 7.67. The second kappa shape index (κ2) is 13.5. The van der Waals surface area contributed by atoms with Crippen LogP contribution in [0.5, 0.6) is 0 Å². The van der Waals surface area contributed by atoms with E-state index in [0.717, 1.165) is 70.8 Å². The predicted octanol–water partition coefficient (Wildman–Crippen LogP) is 4.13. The molecule has 2 amide bonds. The second-order valence-corrected chi connectivity index (χ2v) is 10.9. The van der Waals surface area contributed by atoms with Crippen LogP contribution in [0.15, 0.2) is 0 Å². The molecule has 1 heterocycles. The smallest absolute Gasteiger partial charge is 0.407 e. The number of thiocarbonyl (C=S) groups is 1. The highest BCUT2D eigenvalue weighted by Crippen LogP contribution is 2.32. The lowest BCUT2D eigenvalue weighted by molar-refractivity contribution is -0.124. The summed E-state index contributed by atoms with van der Waals surface area (Å²) in [5, 5.41) is 6.22. The summed E-state index contributed by atoms with van der Waals surface area (Å²) in [4.78, 5) is 28.3. The van der Waals surface area contributed by atoms with Gasteiger partial charge in [0.2, 0.25) is 5.91 Å². The molecule has 2 rings (SSSR count). The number of rotatable bonds is 11. The van der Waals surface area contributed by atoms with Crippen molar-refractivity contribution in [1.29, 1.82) is 0 Å². The van der Waals surface area contributed by atoms with Gasteiger partial charge in [-0.05, 0) is 62.7 Å². The molecule has 0 spiro atoms. The summed E-state index contributed by atoms with van der Waals surface area (Å²) < 4.78 is 5.31. The van der Waals surface area contributed by atoms with Gasteiger partial charge in [-0.15, -0.1) is 0 Å². The summed E-state index contributed by atoms with van der Waals surface area (Å²) in [7, 11) is 0. The van der Waals surface area contributed by atoms with Gasteiger partial charge in [-0.3, -0.25) is 4.79 Å². The molecule has 7 nitrogen and oxygen atoms in total. The molecular weight excluding hydrogens is 436 g/mol. The molecule has 8 heteroatoms. The van der Waals surface area contributed by atoms with Crippen LogP contribution in [0.3, 0.4) is 0 Å². The van der Waals surface area contributed by atoms with E-state index in [1.165, 1.54) is 0 Å². The molecule has 2 fully saturated rings. The number of carbonyl (C=O) groups is 2. The van der Waals surface area contributed by atoms with Gasteiger partial charge in [-0.1, -0.05) is 52.8 Å². The normalized spacial score (nSPS) is 24.3. The van der Waals surface area contributed by atoms with E-state index in [4.69, 9.17) is 22.7 Å². The molecule has 0 aromatic heterocycles. The van der Waals surface area contributed by atoms with Gasteiger partial charge in [0.1, 0.15) is 11.0 Å². The number of likely N-dealkylation sites (tertiary alicyclic amines) is 1. The lowest BCUT2D eigenvalue weighted by atomic mass is 9.79. The second-order valence-electron chi connectivity index (χ2n) is 10.5. The molecule has 33 heavy (non-hydrogen) atoms. The van der Waals surface area contributed by atoms with Crippen molar-refractivity contribution in [3.63, 3.8) is 0 Å². The first kappa shape index (κ1) is 27.8. The van der Waals surface area contributed by atoms with Crippen molar-refractivity contribution in [2.75, 3.05) is 19.7 Å². The Balaban J connectivity index is 2.05. The lowest BCUT2D eigenvalue weighted by Gasteiger charge is -2.39. The Morgan fingerprint density at radius 2 is 1.85 bits per heavy atom. The average Bonchev–Trinajstić information content (AvgIpc) is 3.29. The van der Waals surface area contributed by atoms with Crippen molar-refractivity contribution in [2.24, 2.45) is 17.1 Å². The number of ether oxygens (including phenoxy) is 1. The van der Waals surface area contributed by atoms with Gasteiger partial charge in [0.25, 0.3) is 0 Å². The van der Waals surface area contributed by atoms with Crippen LogP contribution in [-0.2, 0) is 9.53 Å². The van der Waals surface area contributed by atoms with E-state index in [0.29, 0.717) is 30.1 Å². The van der Waals surface area contributed by atoms with Gasteiger partial charge in [0, 0.05) is 19.1 Å². The maximum Gasteiger partial charge on any atom is 0.407 e. The van der Waals surface area contributed by atoms with E-state index in [-0.39, 0.29) is 23.4 Å². The number of nitrogens with zero attached hydrogens (tertiary/aromatic N) is 1. The maximum atomic E-state index is 13.1. The molecule has 0 aromatic rings. The first-order valence-electron chi connectivity index (χ1n) is 13.0. The van der Waals surface area contributed by atoms with E-state index in [9.17, 15) is 9.59 Å². The van der Waals surface area contributed by atoms with Crippen molar-refractivity contribution in [1.82, 2.24) is 15.5 Å². The van der Waals surface area contributed by atoms with Crippen LogP contribution in [0.25, 0.3) is 0 Å². The molecule has 1 aliphatic carbocycles. The first-order valence-corrected chi connectivity index (χ1v) is 13.4. The number of nitrogens with two attached hydrogens (primary N) is 1. The monoisotopic (exact) mass is 482 g/mol. The van der Waals surface area contributed by atoms with Gasteiger partial charge in [-0.25, -0.2) is 4.79 Å². The SMILES string of the molecule is CCCCC(C)(C)[C@H](NC(=O)OCCC)C(=S)N1CCC[C@H]1C(=O)NCC1CCC(N)CC1. The number of hydrogen-bond acceptors (Lipinski definition) is 5. The minimum atomic E-state index is -0.440. The molecule has 4 N–H and O–H groups in total. The average molecular weight is 483 g/mol. The molecule has 2 aliphatic rings. The Labute approximate surface area is 205 Å². The zero-order valence-corrected chi connectivity index (χ0v) is 22.0. The van der Waals surface area contributed by atoms with Gasteiger partial charge in [-0.2, -0.15) is 0 Å². The minimum Gasteiger partial charge on any atom is -0.450 e. The number of alkyl carbamates (subject to hydrolysis) is 1. The summed E-state index contributed by atoms with van der Waals surface area (Å²) in [6.07, 6.45) is 9.30. The van der Waals surface area contributed by atoms with Crippen molar-refractivity contribution < 1.29 is 14.3 Å². The Bertz CT molecular complexity index is 650. The minimum absolute atomic E-state index is 0.0448. The highest BCUT2D eigenvalue weighted by molar-refractivity contribution is 7.80. The topological polar surface area (TPSA) is 96.7 Å². The number of carbonyl (C=O) groups excluding carboxylic acids is 2. The molecule has 190 valence electrons. The summed E-state index contributed by atoms with van der Waals surface area (Å²) in [5.74, 6) is 0.551. The van der Waals surface area contributed by atoms with E-state index in [1.807, 2.05) is 11.8 Å². The van der Waals surface area contributed by atoms with Crippen molar-refractivity contribution in [3.8, 4) is 0 Å². The Morgan fingerprint density at radius 3 is 2.48 bits per heavy atom. The summed E-state index contributed by atoms with van der Waals surface area (Å²) >= 11 is 5.95. The number of amides is 2. The number of hydrogen-bond donors (Lipinski definition) is 3.